The van der Waals surface area contributed by atoms with E-state index in [1.807, 2.05) is 0 Å². The molecule has 0 radical (unpaired) electrons. The summed E-state index contributed by atoms with van der Waals surface area (Å²) in [7, 11) is 0. The molecule has 0 amide bonds. The Hall–Kier alpha value is -2.20. The summed E-state index contributed by atoms with van der Waals surface area (Å²) in [5.74, 6) is 0.430. The van der Waals surface area contributed by atoms with Crippen LogP contribution in [0.15, 0.2) is 42.5 Å². The van der Waals surface area contributed by atoms with E-state index in [0.717, 1.165) is 26.1 Å². The summed E-state index contributed by atoms with van der Waals surface area (Å²) in [6.45, 7) is 4.36. The first-order valence-electron chi connectivity index (χ1n) is 10.1. The van der Waals surface area contributed by atoms with Gasteiger partial charge in [0, 0.05) is 49.3 Å². The van der Waals surface area contributed by atoms with Gasteiger partial charge in [0.1, 0.15) is 5.82 Å². The van der Waals surface area contributed by atoms with Crippen LogP contribution in [0.2, 0.25) is 0 Å². The maximum absolute atomic E-state index is 13.0. The van der Waals surface area contributed by atoms with Gasteiger partial charge in [-0.15, -0.1) is 0 Å². The van der Waals surface area contributed by atoms with E-state index in [4.69, 9.17) is 0 Å². The number of rotatable bonds is 5. The quantitative estimate of drug-likeness (QED) is 0.749. The highest BCUT2D eigenvalue weighted by molar-refractivity contribution is 5.95. The minimum Gasteiger partial charge on any atom is -0.367 e. The van der Waals surface area contributed by atoms with E-state index in [1.54, 1.807) is 17.7 Å². The lowest BCUT2D eigenvalue weighted by Crippen LogP contribution is -2.46. The molecule has 0 spiro atoms. The molecule has 2 aromatic carbocycles. The number of anilines is 1. The number of fused-ring (bicyclic) bond motifs is 3. The van der Waals surface area contributed by atoms with Gasteiger partial charge in [0.05, 0.1) is 0 Å². The average Bonchev–Trinajstić information content (AvgIpc) is 3.25. The van der Waals surface area contributed by atoms with Gasteiger partial charge in [0.25, 0.3) is 0 Å². The molecule has 0 aliphatic carbocycles. The maximum atomic E-state index is 13.0. The Morgan fingerprint density at radius 1 is 1.11 bits per heavy atom. The van der Waals surface area contributed by atoms with Crippen molar-refractivity contribution >= 4 is 11.5 Å². The number of Topliss-reactive ketones (excluding diaryl/α,β-unsaturated/α-hetero) is 1. The van der Waals surface area contributed by atoms with Gasteiger partial charge in [0.15, 0.2) is 5.78 Å². The van der Waals surface area contributed by atoms with Gasteiger partial charge < -0.3 is 9.80 Å². The molecule has 1 saturated heterocycles. The number of piperidine rings is 1. The van der Waals surface area contributed by atoms with Crippen molar-refractivity contribution in [3.05, 3.63) is 65.0 Å². The van der Waals surface area contributed by atoms with Crippen molar-refractivity contribution in [3.63, 3.8) is 0 Å². The average molecular weight is 364 g/mol. The topological polar surface area (TPSA) is 23.6 Å². The van der Waals surface area contributed by atoms with Crippen molar-refractivity contribution in [1.82, 2.24) is 4.90 Å². The lowest BCUT2D eigenvalue weighted by atomic mass is 9.87. The molecule has 140 valence electrons. The molecule has 0 unspecified atom stereocenters. The van der Waals surface area contributed by atoms with Crippen LogP contribution < -0.4 is 4.90 Å². The van der Waals surface area contributed by atoms with Crippen LogP contribution in [-0.2, 0) is 6.42 Å². The van der Waals surface area contributed by atoms with E-state index >= 15 is 0 Å². The van der Waals surface area contributed by atoms with E-state index in [-0.39, 0.29) is 11.6 Å². The Morgan fingerprint density at radius 3 is 2.81 bits per heavy atom. The Balaban J connectivity index is 1.19. The number of nitrogens with zero attached hydrogens (tertiary/aromatic N) is 2. The van der Waals surface area contributed by atoms with Crippen molar-refractivity contribution < 1.29 is 9.18 Å². The largest absolute Gasteiger partial charge is 0.367 e. The zero-order valence-corrected chi connectivity index (χ0v) is 15.5. The molecule has 2 aromatic rings. The second-order valence-corrected chi connectivity index (χ2v) is 8.10. The normalized spacial score (nSPS) is 23.4. The number of halogens is 1. The van der Waals surface area contributed by atoms with Gasteiger partial charge in [0.2, 0.25) is 0 Å². The lowest BCUT2D eigenvalue weighted by molar-refractivity contribution is 0.0971. The molecule has 3 nitrogen and oxygen atoms in total. The Labute approximate surface area is 159 Å². The predicted octanol–water partition coefficient (Wildman–Crippen LogP) is 4.02. The van der Waals surface area contributed by atoms with E-state index in [2.05, 4.69) is 28.0 Å². The van der Waals surface area contributed by atoms with Gasteiger partial charge in [-0.1, -0.05) is 18.2 Å². The minimum absolute atomic E-state index is 0.112. The molecule has 5 rings (SSSR count). The number of carbonyl (C=O) groups is 1. The molecule has 0 N–H and O–H groups in total. The Kier molecular flexibility index (Phi) is 4.24. The highest BCUT2D eigenvalue weighted by Gasteiger charge is 2.44. The lowest BCUT2D eigenvalue weighted by Gasteiger charge is -2.38. The zero-order chi connectivity index (χ0) is 18.4. The van der Waals surface area contributed by atoms with Crippen LogP contribution in [0.4, 0.5) is 10.1 Å². The monoisotopic (exact) mass is 364 g/mol. The molecule has 1 fully saturated rings. The van der Waals surface area contributed by atoms with E-state index in [1.165, 1.54) is 42.8 Å². The van der Waals surface area contributed by atoms with Crippen molar-refractivity contribution in [1.29, 1.82) is 0 Å². The summed E-state index contributed by atoms with van der Waals surface area (Å²) in [6, 6.07) is 13.4. The highest BCUT2D eigenvalue weighted by atomic mass is 19.1. The fourth-order valence-corrected chi connectivity index (χ4v) is 5.28. The van der Waals surface area contributed by atoms with Crippen LogP contribution in [0, 0.1) is 5.82 Å². The fourth-order valence-electron chi connectivity index (χ4n) is 5.28. The van der Waals surface area contributed by atoms with E-state index < -0.39 is 0 Å². The third kappa shape index (κ3) is 2.96. The third-order valence-corrected chi connectivity index (χ3v) is 6.56. The number of benzene rings is 2. The summed E-state index contributed by atoms with van der Waals surface area (Å²) in [6.07, 6.45) is 3.81. The van der Waals surface area contributed by atoms with Crippen LogP contribution in [0.25, 0.3) is 0 Å². The van der Waals surface area contributed by atoms with Crippen LogP contribution in [0.1, 0.15) is 46.7 Å². The van der Waals surface area contributed by atoms with Crippen molar-refractivity contribution in [2.45, 2.75) is 37.6 Å². The summed E-state index contributed by atoms with van der Waals surface area (Å²) in [5, 5.41) is 0. The van der Waals surface area contributed by atoms with Crippen LogP contribution >= 0.6 is 0 Å². The first kappa shape index (κ1) is 16.9. The van der Waals surface area contributed by atoms with E-state index in [9.17, 15) is 9.18 Å². The van der Waals surface area contributed by atoms with Crippen LogP contribution in [-0.4, -0.2) is 42.9 Å². The molecule has 27 heavy (non-hydrogen) atoms. The summed E-state index contributed by atoms with van der Waals surface area (Å²) < 4.78 is 13.0. The van der Waals surface area contributed by atoms with Gasteiger partial charge in [-0.3, -0.25) is 4.79 Å². The van der Waals surface area contributed by atoms with Gasteiger partial charge >= 0.3 is 0 Å². The van der Waals surface area contributed by atoms with Crippen molar-refractivity contribution in [2.75, 3.05) is 31.1 Å². The molecule has 0 bridgehead atoms. The molecule has 3 aliphatic heterocycles. The number of carbonyl (C=O) groups excluding carboxylic acids is 1. The smallest absolute Gasteiger partial charge is 0.162 e. The van der Waals surface area contributed by atoms with Crippen molar-refractivity contribution in [2.24, 2.45) is 0 Å². The third-order valence-electron chi connectivity index (χ3n) is 6.56. The maximum Gasteiger partial charge on any atom is 0.162 e. The molecule has 3 heterocycles. The molecular formula is C23H25FN2O. The molecule has 3 aliphatic rings. The molecule has 4 heteroatoms. The summed E-state index contributed by atoms with van der Waals surface area (Å²) in [4.78, 5) is 17.5. The predicted molar refractivity (Wildman–Crippen MR) is 105 cm³/mol. The van der Waals surface area contributed by atoms with Crippen LogP contribution in [0.3, 0.4) is 0 Å². The first-order chi connectivity index (χ1) is 13.2. The van der Waals surface area contributed by atoms with Crippen LogP contribution in [0.5, 0.6) is 0 Å². The Bertz CT molecular complexity index is 863. The highest BCUT2D eigenvalue weighted by Crippen LogP contribution is 2.49. The molecule has 2 atom stereocenters. The van der Waals surface area contributed by atoms with Gasteiger partial charge in [-0.05, 0) is 61.2 Å². The number of para-hydroxylation sites is 1. The number of hydrogen-bond acceptors (Lipinski definition) is 3. The van der Waals surface area contributed by atoms with E-state index in [0.29, 0.717) is 23.9 Å². The molecule has 0 aromatic heterocycles. The van der Waals surface area contributed by atoms with Gasteiger partial charge in [-0.25, -0.2) is 4.39 Å². The second kappa shape index (κ2) is 6.75. The zero-order valence-electron chi connectivity index (χ0n) is 15.5. The number of hydrogen-bond donors (Lipinski definition) is 0. The summed E-state index contributed by atoms with van der Waals surface area (Å²) in [5.41, 5.74) is 5.21. The Morgan fingerprint density at radius 2 is 1.96 bits per heavy atom. The van der Waals surface area contributed by atoms with Crippen molar-refractivity contribution in [3.8, 4) is 0 Å². The number of ketones is 1. The first-order valence-corrected chi connectivity index (χ1v) is 10.1. The summed E-state index contributed by atoms with van der Waals surface area (Å²) >= 11 is 0. The minimum atomic E-state index is -0.295. The standard InChI is InChI=1S/C23H25FN2O/c24-18-8-6-16(7-9-18)22(27)5-2-12-25-13-11-21-20(15-25)19-4-1-3-17-10-14-26(21)23(17)19/h1,3-4,6-9,20-21H,2,5,10-15H2/t20-,21-/m0/s1. The SMILES string of the molecule is O=C(CCCN1CC[C@H]2[C@@H](C1)c1cccc3c1N2CC3)c1ccc(F)cc1. The second-order valence-electron chi connectivity index (χ2n) is 8.10. The molecular weight excluding hydrogens is 339 g/mol. The van der Waals surface area contributed by atoms with Gasteiger partial charge in [-0.2, -0.15) is 0 Å². The number of likely N-dealkylation sites (tertiary alicyclic amines) is 1. The fraction of sp³-hybridized carbons (Fsp3) is 0.435. The molecule has 0 saturated carbocycles.